The summed E-state index contributed by atoms with van der Waals surface area (Å²) in [6.45, 7) is 3.79. The second kappa shape index (κ2) is 5.55. The number of nitrogens with zero attached hydrogens (tertiary/aromatic N) is 2. The minimum absolute atomic E-state index is 0.302. The molecule has 0 aliphatic heterocycles. The van der Waals surface area contributed by atoms with Gasteiger partial charge in [-0.15, -0.1) is 11.6 Å². The first-order chi connectivity index (χ1) is 8.58. The van der Waals surface area contributed by atoms with E-state index < -0.39 is 0 Å². The van der Waals surface area contributed by atoms with E-state index in [9.17, 15) is 0 Å². The molecule has 3 nitrogen and oxygen atoms in total. The van der Waals surface area contributed by atoms with Gasteiger partial charge in [0, 0.05) is 10.7 Å². The van der Waals surface area contributed by atoms with Crippen LogP contribution >= 0.6 is 23.2 Å². The van der Waals surface area contributed by atoms with Crippen LogP contribution in [0.3, 0.4) is 0 Å². The van der Waals surface area contributed by atoms with Gasteiger partial charge in [0.2, 0.25) is 0 Å². The van der Waals surface area contributed by atoms with E-state index in [1.165, 1.54) is 0 Å². The molecule has 2 rings (SSSR count). The van der Waals surface area contributed by atoms with Gasteiger partial charge in [0.05, 0.1) is 11.6 Å². The third-order valence-electron chi connectivity index (χ3n) is 2.36. The molecule has 94 valence electrons. The fraction of sp³-hybridized carbons (Fsp3) is 0.231. The van der Waals surface area contributed by atoms with Gasteiger partial charge in [-0.3, -0.25) is 0 Å². The summed E-state index contributed by atoms with van der Waals surface area (Å²) in [5.74, 6) is 1.02. The van der Waals surface area contributed by atoms with E-state index in [-0.39, 0.29) is 0 Å². The lowest BCUT2D eigenvalue weighted by Gasteiger charge is -2.08. The van der Waals surface area contributed by atoms with E-state index in [0.717, 1.165) is 17.0 Å². The lowest BCUT2D eigenvalue weighted by Crippen LogP contribution is -1.98. The van der Waals surface area contributed by atoms with Crippen LogP contribution in [0.25, 0.3) is 0 Å². The summed E-state index contributed by atoms with van der Waals surface area (Å²) in [6.07, 6.45) is 0. The minimum Gasteiger partial charge on any atom is -0.424 e. The zero-order valence-electron chi connectivity index (χ0n) is 10.1. The van der Waals surface area contributed by atoms with Crippen molar-refractivity contribution in [3.63, 3.8) is 0 Å². The lowest BCUT2D eigenvalue weighted by molar-refractivity contribution is 0.435. The SMILES string of the molecule is Cc1cc(CCl)nc(Oc2ccc(Cl)cc2C)n1. The van der Waals surface area contributed by atoms with E-state index in [2.05, 4.69) is 9.97 Å². The van der Waals surface area contributed by atoms with Crippen molar-refractivity contribution in [3.05, 3.63) is 46.2 Å². The molecule has 0 atom stereocenters. The normalized spacial score (nSPS) is 10.4. The second-order valence-electron chi connectivity index (χ2n) is 3.93. The molecule has 1 aromatic carbocycles. The standard InChI is InChI=1S/C13H12Cl2N2O/c1-8-5-10(15)3-4-12(8)18-13-16-9(2)6-11(7-14)17-13/h3-6H,7H2,1-2H3. The van der Waals surface area contributed by atoms with Crippen molar-refractivity contribution in [1.29, 1.82) is 0 Å². The van der Waals surface area contributed by atoms with Crippen molar-refractivity contribution in [1.82, 2.24) is 9.97 Å². The molecule has 5 heteroatoms. The van der Waals surface area contributed by atoms with Gasteiger partial charge in [-0.2, -0.15) is 4.98 Å². The maximum absolute atomic E-state index is 5.89. The Morgan fingerprint density at radius 1 is 1.17 bits per heavy atom. The van der Waals surface area contributed by atoms with Gasteiger partial charge in [-0.25, -0.2) is 4.98 Å². The summed E-state index contributed by atoms with van der Waals surface area (Å²) in [7, 11) is 0. The average Bonchev–Trinajstić information content (AvgIpc) is 2.32. The number of alkyl halides is 1. The number of ether oxygens (including phenoxy) is 1. The average molecular weight is 283 g/mol. The quantitative estimate of drug-likeness (QED) is 0.789. The number of rotatable bonds is 3. The maximum atomic E-state index is 5.89. The summed E-state index contributed by atoms with van der Waals surface area (Å²) in [5, 5.41) is 0.673. The van der Waals surface area contributed by atoms with Gasteiger partial charge >= 0.3 is 6.01 Å². The third-order valence-corrected chi connectivity index (χ3v) is 2.87. The Balaban J connectivity index is 2.30. The predicted octanol–water partition coefficient (Wildman–Crippen LogP) is 4.28. The summed E-state index contributed by atoms with van der Waals surface area (Å²) >= 11 is 11.7. The summed E-state index contributed by atoms with van der Waals surface area (Å²) in [5.41, 5.74) is 2.49. The number of benzene rings is 1. The third kappa shape index (κ3) is 3.12. The van der Waals surface area contributed by atoms with Crippen LogP contribution in [0.2, 0.25) is 5.02 Å². The molecule has 0 fully saturated rings. The van der Waals surface area contributed by atoms with E-state index in [1.54, 1.807) is 12.1 Å². The molecule has 0 amide bonds. The van der Waals surface area contributed by atoms with Gasteiger partial charge in [-0.05, 0) is 43.7 Å². The Labute approximate surface area is 116 Å². The molecule has 0 saturated heterocycles. The Kier molecular flexibility index (Phi) is 4.04. The predicted molar refractivity (Wildman–Crippen MR) is 72.6 cm³/mol. The van der Waals surface area contributed by atoms with Gasteiger partial charge < -0.3 is 4.74 Å². The topological polar surface area (TPSA) is 35.0 Å². The number of halogens is 2. The highest BCUT2D eigenvalue weighted by atomic mass is 35.5. The van der Waals surface area contributed by atoms with Crippen molar-refractivity contribution in [2.24, 2.45) is 0 Å². The molecule has 1 heterocycles. The fourth-order valence-corrected chi connectivity index (χ4v) is 1.91. The first kappa shape index (κ1) is 13.1. The molecule has 0 bridgehead atoms. The molecule has 0 aliphatic carbocycles. The molecule has 0 N–H and O–H groups in total. The zero-order valence-corrected chi connectivity index (χ0v) is 11.6. The first-order valence-corrected chi connectivity index (χ1v) is 6.34. The largest absolute Gasteiger partial charge is 0.424 e. The summed E-state index contributed by atoms with van der Waals surface area (Å²) in [6, 6.07) is 7.52. The van der Waals surface area contributed by atoms with Crippen molar-refractivity contribution in [3.8, 4) is 11.8 Å². The molecular weight excluding hydrogens is 271 g/mol. The van der Waals surface area contributed by atoms with Gasteiger partial charge in [-0.1, -0.05) is 11.6 Å². The second-order valence-corrected chi connectivity index (χ2v) is 4.63. The Hall–Kier alpha value is -1.32. The van der Waals surface area contributed by atoms with E-state index in [0.29, 0.717) is 22.7 Å². The van der Waals surface area contributed by atoms with Crippen molar-refractivity contribution in [2.45, 2.75) is 19.7 Å². The molecule has 2 aromatic rings. The molecule has 0 saturated carbocycles. The Bertz CT molecular complexity index is 573. The highest BCUT2D eigenvalue weighted by Gasteiger charge is 2.06. The van der Waals surface area contributed by atoms with Gasteiger partial charge in [0.15, 0.2) is 0 Å². The Morgan fingerprint density at radius 2 is 1.94 bits per heavy atom. The van der Waals surface area contributed by atoms with Crippen LogP contribution in [0, 0.1) is 13.8 Å². The number of aromatic nitrogens is 2. The van der Waals surface area contributed by atoms with Crippen molar-refractivity contribution in [2.75, 3.05) is 0 Å². The zero-order chi connectivity index (χ0) is 13.1. The van der Waals surface area contributed by atoms with Crippen LogP contribution in [0.1, 0.15) is 17.0 Å². The highest BCUT2D eigenvalue weighted by molar-refractivity contribution is 6.30. The Morgan fingerprint density at radius 3 is 2.61 bits per heavy atom. The van der Waals surface area contributed by atoms with Crippen LogP contribution in [0.4, 0.5) is 0 Å². The van der Waals surface area contributed by atoms with Crippen LogP contribution in [-0.2, 0) is 5.88 Å². The molecule has 18 heavy (non-hydrogen) atoms. The monoisotopic (exact) mass is 282 g/mol. The van der Waals surface area contributed by atoms with E-state index >= 15 is 0 Å². The summed E-state index contributed by atoms with van der Waals surface area (Å²) < 4.78 is 5.65. The number of hydrogen-bond donors (Lipinski definition) is 0. The summed E-state index contributed by atoms with van der Waals surface area (Å²) in [4.78, 5) is 8.43. The van der Waals surface area contributed by atoms with E-state index in [1.807, 2.05) is 26.0 Å². The van der Waals surface area contributed by atoms with Gasteiger partial charge in [0.1, 0.15) is 5.75 Å². The molecule has 0 aliphatic rings. The maximum Gasteiger partial charge on any atom is 0.322 e. The fourth-order valence-electron chi connectivity index (χ4n) is 1.54. The van der Waals surface area contributed by atoms with Crippen molar-refractivity contribution >= 4 is 23.2 Å². The van der Waals surface area contributed by atoms with Crippen molar-refractivity contribution < 1.29 is 4.74 Å². The number of hydrogen-bond acceptors (Lipinski definition) is 3. The van der Waals surface area contributed by atoms with Crippen LogP contribution in [-0.4, -0.2) is 9.97 Å². The van der Waals surface area contributed by atoms with Crippen LogP contribution in [0.15, 0.2) is 24.3 Å². The minimum atomic E-state index is 0.302. The highest BCUT2D eigenvalue weighted by Crippen LogP contribution is 2.25. The molecule has 0 unspecified atom stereocenters. The molecule has 0 spiro atoms. The van der Waals surface area contributed by atoms with Crippen LogP contribution in [0.5, 0.6) is 11.8 Å². The molecule has 0 radical (unpaired) electrons. The number of aryl methyl sites for hydroxylation is 2. The first-order valence-electron chi connectivity index (χ1n) is 5.43. The lowest BCUT2D eigenvalue weighted by atomic mass is 10.2. The van der Waals surface area contributed by atoms with E-state index in [4.69, 9.17) is 27.9 Å². The smallest absolute Gasteiger partial charge is 0.322 e. The molecular formula is C13H12Cl2N2O. The molecule has 1 aromatic heterocycles. The van der Waals surface area contributed by atoms with Gasteiger partial charge in [0.25, 0.3) is 0 Å². The van der Waals surface area contributed by atoms with Crippen LogP contribution < -0.4 is 4.74 Å².